The summed E-state index contributed by atoms with van der Waals surface area (Å²) in [6, 6.07) is 1.43. The van der Waals surface area contributed by atoms with Gasteiger partial charge < -0.3 is 0 Å². The lowest BCUT2D eigenvalue weighted by atomic mass is 10.6. The summed E-state index contributed by atoms with van der Waals surface area (Å²) in [6.07, 6.45) is -1.76. The van der Waals surface area contributed by atoms with Gasteiger partial charge in [-0.15, -0.1) is 0 Å². The topological polar surface area (TPSA) is 17.8 Å². The standard InChI is InChI=1S/C5H4BrF3N2/c6-4(5(7,8)9)11-3-1-2-10-11/h1-4H. The van der Waals surface area contributed by atoms with Crippen molar-refractivity contribution in [3.8, 4) is 0 Å². The summed E-state index contributed by atoms with van der Waals surface area (Å²) in [4.78, 5) is -1.73. The molecule has 1 aromatic heterocycles. The fourth-order valence-electron chi connectivity index (χ4n) is 0.565. The van der Waals surface area contributed by atoms with Crippen molar-refractivity contribution in [3.05, 3.63) is 18.5 Å². The molecule has 0 radical (unpaired) electrons. The van der Waals surface area contributed by atoms with Gasteiger partial charge in [0.2, 0.25) is 4.95 Å². The summed E-state index contributed by atoms with van der Waals surface area (Å²) in [5, 5.41) is 3.43. The molecule has 1 aromatic rings. The number of halogens is 4. The Morgan fingerprint density at radius 2 is 2.09 bits per heavy atom. The third kappa shape index (κ3) is 1.95. The van der Waals surface area contributed by atoms with Crippen LogP contribution in [0.1, 0.15) is 4.95 Å². The molecule has 1 rings (SSSR count). The summed E-state index contributed by atoms with van der Waals surface area (Å²) < 4.78 is 36.5. The van der Waals surface area contributed by atoms with Gasteiger partial charge in [-0.2, -0.15) is 18.3 Å². The van der Waals surface area contributed by atoms with Crippen LogP contribution >= 0.6 is 15.9 Å². The number of hydrogen-bond donors (Lipinski definition) is 0. The maximum Gasteiger partial charge on any atom is 0.420 e. The van der Waals surface area contributed by atoms with E-state index in [2.05, 4.69) is 21.0 Å². The Balaban J connectivity index is 2.78. The first-order valence-corrected chi connectivity index (χ1v) is 3.63. The smallest absolute Gasteiger partial charge is 0.250 e. The monoisotopic (exact) mass is 228 g/mol. The largest absolute Gasteiger partial charge is 0.420 e. The molecule has 1 heterocycles. The van der Waals surface area contributed by atoms with E-state index in [1.807, 2.05) is 0 Å². The zero-order valence-electron chi connectivity index (χ0n) is 5.22. The molecule has 11 heavy (non-hydrogen) atoms. The minimum Gasteiger partial charge on any atom is -0.250 e. The number of nitrogens with zero attached hydrogens (tertiary/aromatic N) is 2. The summed E-state index contributed by atoms with van der Waals surface area (Å²) >= 11 is 2.46. The first kappa shape index (κ1) is 8.58. The summed E-state index contributed by atoms with van der Waals surface area (Å²) in [5.74, 6) is 0. The van der Waals surface area contributed by atoms with Crippen molar-refractivity contribution in [2.75, 3.05) is 0 Å². The van der Waals surface area contributed by atoms with Gasteiger partial charge in [-0.3, -0.25) is 0 Å². The molecule has 0 aliphatic rings. The van der Waals surface area contributed by atoms with E-state index in [0.717, 1.165) is 4.68 Å². The number of rotatable bonds is 1. The van der Waals surface area contributed by atoms with Gasteiger partial charge >= 0.3 is 6.18 Å². The van der Waals surface area contributed by atoms with Crippen molar-refractivity contribution >= 4 is 15.9 Å². The highest BCUT2D eigenvalue weighted by molar-refractivity contribution is 9.09. The van der Waals surface area contributed by atoms with Crippen LogP contribution in [0.25, 0.3) is 0 Å². The zero-order chi connectivity index (χ0) is 8.48. The molecule has 6 heteroatoms. The summed E-state index contributed by atoms with van der Waals surface area (Å²) in [5.41, 5.74) is 0. The van der Waals surface area contributed by atoms with Gasteiger partial charge in [-0.1, -0.05) is 15.9 Å². The first-order chi connectivity index (χ1) is 5.02. The van der Waals surface area contributed by atoms with E-state index < -0.39 is 11.1 Å². The molecule has 0 N–H and O–H groups in total. The molecule has 1 unspecified atom stereocenters. The van der Waals surface area contributed by atoms with E-state index in [1.165, 1.54) is 18.5 Å². The first-order valence-electron chi connectivity index (χ1n) is 2.72. The second kappa shape index (κ2) is 2.84. The molecule has 0 saturated carbocycles. The SMILES string of the molecule is FC(F)(F)C(Br)n1cccn1. The molecule has 0 saturated heterocycles. The third-order valence-corrected chi connectivity index (χ3v) is 1.97. The lowest BCUT2D eigenvalue weighted by Crippen LogP contribution is -2.21. The molecule has 0 aliphatic heterocycles. The molecule has 0 amide bonds. The van der Waals surface area contributed by atoms with Gasteiger partial charge in [0.25, 0.3) is 0 Å². The summed E-state index contributed by atoms with van der Waals surface area (Å²) in [7, 11) is 0. The lowest BCUT2D eigenvalue weighted by Gasteiger charge is -2.13. The van der Waals surface area contributed by atoms with Gasteiger partial charge in [0, 0.05) is 12.4 Å². The van der Waals surface area contributed by atoms with E-state index in [1.54, 1.807) is 0 Å². The molecular formula is C5H4BrF3N2. The number of aromatic nitrogens is 2. The fourth-order valence-corrected chi connectivity index (χ4v) is 0.807. The van der Waals surface area contributed by atoms with Gasteiger partial charge in [-0.25, -0.2) is 4.68 Å². The molecule has 0 fully saturated rings. The normalized spacial score (nSPS) is 14.9. The van der Waals surface area contributed by atoms with Gasteiger partial charge in [-0.05, 0) is 6.07 Å². The van der Waals surface area contributed by atoms with Crippen LogP contribution < -0.4 is 0 Å². The van der Waals surface area contributed by atoms with Crippen LogP contribution in [0.2, 0.25) is 0 Å². The Labute approximate surface area is 69.1 Å². The van der Waals surface area contributed by atoms with Crippen LogP contribution in [0.15, 0.2) is 18.5 Å². The fraction of sp³-hybridized carbons (Fsp3) is 0.400. The maximum atomic E-state index is 11.9. The Kier molecular flexibility index (Phi) is 2.22. The molecule has 0 aliphatic carbocycles. The van der Waals surface area contributed by atoms with Crippen molar-refractivity contribution in [2.45, 2.75) is 11.1 Å². The third-order valence-electron chi connectivity index (χ3n) is 1.03. The highest BCUT2D eigenvalue weighted by Gasteiger charge is 2.39. The van der Waals surface area contributed by atoms with Crippen LogP contribution in [-0.2, 0) is 0 Å². The van der Waals surface area contributed by atoms with Gasteiger partial charge in [0.15, 0.2) is 0 Å². The van der Waals surface area contributed by atoms with Crippen molar-refractivity contribution in [1.82, 2.24) is 9.78 Å². The zero-order valence-corrected chi connectivity index (χ0v) is 6.80. The second-order valence-corrected chi connectivity index (χ2v) is 2.73. The molecular weight excluding hydrogens is 225 g/mol. The van der Waals surface area contributed by atoms with Crippen LogP contribution in [0.4, 0.5) is 13.2 Å². The Morgan fingerprint density at radius 1 is 1.45 bits per heavy atom. The van der Waals surface area contributed by atoms with Crippen LogP contribution in [0.5, 0.6) is 0 Å². The average Bonchev–Trinajstić information content (AvgIpc) is 2.34. The minimum atomic E-state index is -4.30. The molecule has 0 bridgehead atoms. The van der Waals surface area contributed by atoms with E-state index in [9.17, 15) is 13.2 Å². The Hall–Kier alpha value is -0.520. The molecule has 1 atom stereocenters. The number of alkyl halides is 4. The van der Waals surface area contributed by atoms with Crippen molar-refractivity contribution in [2.24, 2.45) is 0 Å². The van der Waals surface area contributed by atoms with E-state index in [0.29, 0.717) is 0 Å². The predicted octanol–water partition coefficient (Wildman–Crippen LogP) is 2.34. The minimum absolute atomic E-state index is 0.792. The Bertz CT molecular complexity index is 218. The maximum absolute atomic E-state index is 11.9. The van der Waals surface area contributed by atoms with Crippen molar-refractivity contribution < 1.29 is 13.2 Å². The van der Waals surface area contributed by atoms with Crippen molar-refractivity contribution in [3.63, 3.8) is 0 Å². The van der Waals surface area contributed by atoms with E-state index in [-0.39, 0.29) is 0 Å². The highest BCUT2D eigenvalue weighted by Crippen LogP contribution is 2.34. The van der Waals surface area contributed by atoms with Gasteiger partial charge in [0.1, 0.15) is 0 Å². The van der Waals surface area contributed by atoms with Gasteiger partial charge in [0.05, 0.1) is 0 Å². The molecule has 0 spiro atoms. The number of hydrogen-bond acceptors (Lipinski definition) is 1. The average molecular weight is 229 g/mol. The molecule has 62 valence electrons. The molecule has 0 aromatic carbocycles. The lowest BCUT2D eigenvalue weighted by molar-refractivity contribution is -0.143. The van der Waals surface area contributed by atoms with E-state index in [4.69, 9.17) is 0 Å². The van der Waals surface area contributed by atoms with Crippen molar-refractivity contribution in [1.29, 1.82) is 0 Å². The van der Waals surface area contributed by atoms with E-state index >= 15 is 0 Å². The quantitative estimate of drug-likeness (QED) is 0.675. The van der Waals surface area contributed by atoms with Crippen LogP contribution in [0, 0.1) is 0 Å². The molecule has 2 nitrogen and oxygen atoms in total. The van der Waals surface area contributed by atoms with Crippen LogP contribution in [0.3, 0.4) is 0 Å². The second-order valence-electron chi connectivity index (χ2n) is 1.86. The highest BCUT2D eigenvalue weighted by atomic mass is 79.9. The predicted molar refractivity (Wildman–Crippen MR) is 36.2 cm³/mol. The summed E-state index contributed by atoms with van der Waals surface area (Å²) in [6.45, 7) is 0. The van der Waals surface area contributed by atoms with Crippen LogP contribution in [-0.4, -0.2) is 16.0 Å². The Morgan fingerprint density at radius 3 is 2.45 bits per heavy atom.